The van der Waals surface area contributed by atoms with E-state index in [1.54, 1.807) is 30.6 Å². The molecule has 3 heterocycles. The molecule has 0 aliphatic carbocycles. The van der Waals surface area contributed by atoms with Gasteiger partial charge in [-0.1, -0.05) is 25.1 Å². The van der Waals surface area contributed by atoms with Crippen LogP contribution in [0.2, 0.25) is 0 Å². The van der Waals surface area contributed by atoms with Gasteiger partial charge in [0.15, 0.2) is 6.10 Å². The van der Waals surface area contributed by atoms with Crippen molar-refractivity contribution in [3.05, 3.63) is 59.9 Å². The van der Waals surface area contributed by atoms with Gasteiger partial charge in [0.2, 0.25) is 11.8 Å². The van der Waals surface area contributed by atoms with Crippen LogP contribution in [0.5, 0.6) is 0 Å². The largest absolute Gasteiger partial charge is 0.370 e. The molecule has 150 valence electrons. The lowest BCUT2D eigenvalue weighted by Gasteiger charge is -2.26. The number of imide groups is 1. The zero-order valence-electron chi connectivity index (χ0n) is 16.0. The van der Waals surface area contributed by atoms with E-state index in [1.807, 2.05) is 25.1 Å². The number of carbonyl (C=O) groups excluding carboxylic acids is 3. The SMILES string of the molecule is CCc1ccc(N2C(=O)C3ON(CCC(N)=O)C(c4cccnc4)C3C2=O)cc1. The Morgan fingerprint density at radius 3 is 2.55 bits per heavy atom. The molecule has 2 aliphatic rings. The lowest BCUT2D eigenvalue weighted by Crippen LogP contribution is -2.38. The number of aryl methyl sites for hydroxylation is 1. The molecule has 3 atom stereocenters. The Morgan fingerprint density at radius 2 is 1.93 bits per heavy atom. The van der Waals surface area contributed by atoms with Crippen molar-refractivity contribution in [2.45, 2.75) is 31.9 Å². The molecule has 3 amide bonds. The molecule has 1 aromatic carbocycles. The summed E-state index contributed by atoms with van der Waals surface area (Å²) in [5.41, 5.74) is 7.67. The molecular weight excluding hydrogens is 372 g/mol. The van der Waals surface area contributed by atoms with E-state index >= 15 is 0 Å². The van der Waals surface area contributed by atoms with E-state index in [2.05, 4.69) is 4.98 Å². The zero-order chi connectivity index (χ0) is 20.5. The van der Waals surface area contributed by atoms with E-state index in [4.69, 9.17) is 10.6 Å². The predicted octanol–water partition coefficient (Wildman–Crippen LogP) is 1.37. The summed E-state index contributed by atoms with van der Waals surface area (Å²) in [7, 11) is 0. The van der Waals surface area contributed by atoms with E-state index < -0.39 is 29.9 Å². The zero-order valence-corrected chi connectivity index (χ0v) is 16.0. The van der Waals surface area contributed by atoms with Gasteiger partial charge >= 0.3 is 0 Å². The number of amides is 3. The first-order valence-electron chi connectivity index (χ1n) is 9.59. The highest BCUT2D eigenvalue weighted by molar-refractivity contribution is 6.23. The molecule has 29 heavy (non-hydrogen) atoms. The minimum Gasteiger partial charge on any atom is -0.370 e. The van der Waals surface area contributed by atoms with Crippen LogP contribution < -0.4 is 10.6 Å². The van der Waals surface area contributed by atoms with Crippen LogP contribution in [0.15, 0.2) is 48.8 Å². The molecular formula is C21H22N4O4. The Hall–Kier alpha value is -3.10. The van der Waals surface area contributed by atoms with Crippen molar-refractivity contribution in [2.75, 3.05) is 11.4 Å². The van der Waals surface area contributed by atoms with E-state index in [-0.39, 0.29) is 18.9 Å². The highest BCUT2D eigenvalue weighted by Gasteiger charge is 2.59. The third kappa shape index (κ3) is 3.41. The summed E-state index contributed by atoms with van der Waals surface area (Å²) < 4.78 is 0. The standard InChI is InChI=1S/C21H22N4O4/c1-2-13-5-7-15(8-6-13)25-20(27)17-18(14-4-3-10-23-12-14)24(11-9-16(22)26)29-19(17)21(25)28/h3-8,10,12,17-19H,2,9,11H2,1H3,(H2,22,26). The van der Waals surface area contributed by atoms with Gasteiger partial charge in [0, 0.05) is 25.4 Å². The molecule has 3 unspecified atom stereocenters. The van der Waals surface area contributed by atoms with E-state index in [0.29, 0.717) is 5.69 Å². The molecule has 8 nitrogen and oxygen atoms in total. The number of primary amides is 1. The monoisotopic (exact) mass is 394 g/mol. The third-order valence-corrected chi connectivity index (χ3v) is 5.40. The molecule has 2 aromatic rings. The van der Waals surface area contributed by atoms with Crippen LogP contribution in [-0.2, 0) is 25.6 Å². The van der Waals surface area contributed by atoms with Gasteiger partial charge in [-0.05, 0) is 35.7 Å². The number of nitrogens with zero attached hydrogens (tertiary/aromatic N) is 3. The second-order valence-corrected chi connectivity index (χ2v) is 7.17. The average Bonchev–Trinajstić information content (AvgIpc) is 3.23. The first-order chi connectivity index (χ1) is 14.0. The maximum Gasteiger partial charge on any atom is 0.265 e. The molecule has 2 saturated heterocycles. The highest BCUT2D eigenvalue weighted by atomic mass is 16.7. The van der Waals surface area contributed by atoms with Crippen LogP contribution in [0.25, 0.3) is 0 Å². The van der Waals surface area contributed by atoms with Crippen LogP contribution >= 0.6 is 0 Å². The summed E-state index contributed by atoms with van der Waals surface area (Å²) in [6.45, 7) is 2.23. The Labute approximate surface area is 168 Å². The number of fused-ring (bicyclic) bond motifs is 1. The van der Waals surface area contributed by atoms with Crippen LogP contribution in [0.1, 0.15) is 30.5 Å². The number of benzene rings is 1. The van der Waals surface area contributed by atoms with Crippen molar-refractivity contribution in [3.63, 3.8) is 0 Å². The van der Waals surface area contributed by atoms with Gasteiger partial charge in [0.05, 0.1) is 17.6 Å². The Balaban J connectivity index is 1.67. The quantitative estimate of drug-likeness (QED) is 0.742. The fourth-order valence-corrected chi connectivity index (χ4v) is 3.94. The number of nitrogens with two attached hydrogens (primary N) is 1. The Morgan fingerprint density at radius 1 is 1.17 bits per heavy atom. The molecule has 0 spiro atoms. The summed E-state index contributed by atoms with van der Waals surface area (Å²) in [6.07, 6.45) is 3.26. The lowest BCUT2D eigenvalue weighted by molar-refractivity contribution is -0.173. The summed E-state index contributed by atoms with van der Waals surface area (Å²) in [5, 5.41) is 1.52. The number of hydroxylamine groups is 2. The molecule has 2 aliphatic heterocycles. The summed E-state index contributed by atoms with van der Waals surface area (Å²) in [5.74, 6) is -1.92. The smallest absolute Gasteiger partial charge is 0.265 e. The predicted molar refractivity (Wildman–Crippen MR) is 104 cm³/mol. The van der Waals surface area contributed by atoms with Gasteiger partial charge < -0.3 is 5.73 Å². The van der Waals surface area contributed by atoms with Gasteiger partial charge in [-0.25, -0.2) is 4.90 Å². The fourth-order valence-electron chi connectivity index (χ4n) is 3.94. The Kier molecular flexibility index (Phi) is 5.12. The minimum absolute atomic E-state index is 0.0563. The topological polar surface area (TPSA) is 106 Å². The average molecular weight is 394 g/mol. The van der Waals surface area contributed by atoms with Crippen molar-refractivity contribution >= 4 is 23.4 Å². The lowest BCUT2D eigenvalue weighted by atomic mass is 9.91. The molecule has 2 N–H and O–H groups in total. The van der Waals surface area contributed by atoms with Crippen molar-refractivity contribution in [1.82, 2.24) is 10.0 Å². The first-order valence-corrected chi connectivity index (χ1v) is 9.59. The number of anilines is 1. The van der Waals surface area contributed by atoms with Gasteiger partial charge in [-0.2, -0.15) is 5.06 Å². The van der Waals surface area contributed by atoms with Gasteiger partial charge in [0.25, 0.3) is 5.91 Å². The maximum absolute atomic E-state index is 13.3. The van der Waals surface area contributed by atoms with Crippen LogP contribution in [0, 0.1) is 5.92 Å². The third-order valence-electron chi connectivity index (χ3n) is 5.40. The second-order valence-electron chi connectivity index (χ2n) is 7.17. The highest BCUT2D eigenvalue weighted by Crippen LogP contribution is 2.45. The van der Waals surface area contributed by atoms with Gasteiger partial charge in [-0.3, -0.25) is 24.2 Å². The number of pyridine rings is 1. The number of aromatic nitrogens is 1. The van der Waals surface area contributed by atoms with Crippen LogP contribution in [0.3, 0.4) is 0 Å². The van der Waals surface area contributed by atoms with Crippen molar-refractivity contribution in [2.24, 2.45) is 11.7 Å². The Bertz CT molecular complexity index is 931. The molecule has 0 radical (unpaired) electrons. The number of rotatable bonds is 6. The van der Waals surface area contributed by atoms with Crippen LogP contribution in [-0.4, -0.2) is 40.4 Å². The molecule has 0 saturated carbocycles. The molecule has 4 rings (SSSR count). The molecule has 1 aromatic heterocycles. The molecule has 8 heteroatoms. The van der Waals surface area contributed by atoms with E-state index in [1.165, 1.54) is 9.96 Å². The summed E-state index contributed by atoms with van der Waals surface area (Å²) >= 11 is 0. The van der Waals surface area contributed by atoms with Crippen molar-refractivity contribution in [1.29, 1.82) is 0 Å². The second kappa shape index (κ2) is 7.73. The number of carbonyl (C=O) groups is 3. The summed E-state index contributed by atoms with van der Waals surface area (Å²) in [6, 6.07) is 10.4. The normalized spacial score (nSPS) is 24.2. The van der Waals surface area contributed by atoms with Crippen molar-refractivity contribution < 1.29 is 19.2 Å². The number of hydrogen-bond donors (Lipinski definition) is 1. The molecule has 2 fully saturated rings. The number of hydrogen-bond acceptors (Lipinski definition) is 6. The van der Waals surface area contributed by atoms with Crippen molar-refractivity contribution in [3.8, 4) is 0 Å². The maximum atomic E-state index is 13.3. The van der Waals surface area contributed by atoms with Gasteiger partial charge in [0.1, 0.15) is 0 Å². The van der Waals surface area contributed by atoms with E-state index in [9.17, 15) is 14.4 Å². The first kappa shape index (κ1) is 19.2. The van der Waals surface area contributed by atoms with Crippen LogP contribution in [0.4, 0.5) is 5.69 Å². The van der Waals surface area contributed by atoms with Gasteiger partial charge in [-0.15, -0.1) is 0 Å². The summed E-state index contributed by atoms with van der Waals surface area (Å²) in [4.78, 5) is 48.8. The molecule has 0 bridgehead atoms. The fraction of sp³-hybridized carbons (Fsp3) is 0.333. The minimum atomic E-state index is -0.938. The van der Waals surface area contributed by atoms with E-state index in [0.717, 1.165) is 17.5 Å².